The molecule has 2 aliphatic rings. The zero-order valence-corrected chi connectivity index (χ0v) is 18.7. The van der Waals surface area contributed by atoms with E-state index in [0.29, 0.717) is 6.54 Å². The summed E-state index contributed by atoms with van der Waals surface area (Å²) < 4.78 is 5.53. The molecule has 2 aromatic rings. The summed E-state index contributed by atoms with van der Waals surface area (Å²) in [6, 6.07) is 19.4. The molecule has 2 saturated heterocycles. The summed E-state index contributed by atoms with van der Waals surface area (Å²) in [4.78, 5) is 12.4. The van der Waals surface area contributed by atoms with Crippen LogP contribution in [0, 0.1) is 0 Å². The molecule has 0 unspecified atom stereocenters. The van der Waals surface area contributed by atoms with Crippen LogP contribution < -0.4 is 10.2 Å². The van der Waals surface area contributed by atoms with Crippen molar-refractivity contribution in [1.82, 2.24) is 15.1 Å². The summed E-state index contributed by atoms with van der Waals surface area (Å²) in [5.41, 5.74) is 3.96. The van der Waals surface area contributed by atoms with Crippen LogP contribution in [0.1, 0.15) is 18.1 Å². The highest BCUT2D eigenvalue weighted by Crippen LogP contribution is 2.22. The number of ether oxygens (including phenoxy) is 1. The Balaban J connectivity index is 1.38. The van der Waals surface area contributed by atoms with Crippen molar-refractivity contribution in [3.8, 4) is 0 Å². The average Bonchev–Trinajstić information content (AvgIpc) is 2.84. The standard InChI is InChI=1S/C25H35N5O/c1-2-26-25(30-14-12-28(13-15-30)21-22-8-4-3-5-9-22)27-20-23-10-6-7-11-24(23)29-16-18-31-19-17-29/h3-11H,2,12-21H2,1H3,(H,26,27). The van der Waals surface area contributed by atoms with Crippen LogP contribution in [0.15, 0.2) is 59.6 Å². The molecule has 166 valence electrons. The molecular formula is C25H35N5O. The first-order valence-electron chi connectivity index (χ1n) is 11.5. The van der Waals surface area contributed by atoms with Gasteiger partial charge in [-0.05, 0) is 24.1 Å². The molecule has 0 radical (unpaired) electrons. The Hall–Kier alpha value is -2.57. The van der Waals surface area contributed by atoms with E-state index in [2.05, 4.69) is 81.5 Å². The Labute approximate surface area is 186 Å². The van der Waals surface area contributed by atoms with Gasteiger partial charge in [0.15, 0.2) is 5.96 Å². The summed E-state index contributed by atoms with van der Waals surface area (Å²) in [6.45, 7) is 12.4. The van der Waals surface area contributed by atoms with Crippen molar-refractivity contribution in [3.05, 3.63) is 65.7 Å². The van der Waals surface area contributed by atoms with E-state index >= 15 is 0 Å². The molecule has 0 amide bonds. The minimum atomic E-state index is 0.695. The van der Waals surface area contributed by atoms with Gasteiger partial charge in [0, 0.05) is 58.0 Å². The molecule has 0 atom stereocenters. The zero-order valence-electron chi connectivity index (χ0n) is 18.7. The Bertz CT molecular complexity index is 827. The summed E-state index contributed by atoms with van der Waals surface area (Å²) in [7, 11) is 0. The van der Waals surface area contributed by atoms with Crippen LogP contribution >= 0.6 is 0 Å². The minimum Gasteiger partial charge on any atom is -0.378 e. The van der Waals surface area contributed by atoms with Crippen LogP contribution in [0.5, 0.6) is 0 Å². The molecule has 2 aromatic carbocycles. The van der Waals surface area contributed by atoms with Crippen LogP contribution in [0.3, 0.4) is 0 Å². The van der Waals surface area contributed by atoms with Crippen LogP contribution in [0.4, 0.5) is 5.69 Å². The van der Waals surface area contributed by atoms with E-state index in [1.165, 1.54) is 16.8 Å². The quantitative estimate of drug-likeness (QED) is 0.574. The fraction of sp³-hybridized carbons (Fsp3) is 0.480. The number of aliphatic imine (C=N–C) groups is 1. The summed E-state index contributed by atoms with van der Waals surface area (Å²) >= 11 is 0. The van der Waals surface area contributed by atoms with Crippen LogP contribution in [-0.2, 0) is 17.8 Å². The van der Waals surface area contributed by atoms with Gasteiger partial charge in [-0.1, -0.05) is 48.5 Å². The summed E-state index contributed by atoms with van der Waals surface area (Å²) in [6.07, 6.45) is 0. The highest BCUT2D eigenvalue weighted by atomic mass is 16.5. The number of hydrogen-bond acceptors (Lipinski definition) is 4. The molecule has 6 nitrogen and oxygen atoms in total. The second kappa shape index (κ2) is 11.2. The molecule has 2 aliphatic heterocycles. The van der Waals surface area contributed by atoms with Gasteiger partial charge in [-0.15, -0.1) is 0 Å². The molecule has 0 saturated carbocycles. The van der Waals surface area contributed by atoms with Gasteiger partial charge in [-0.3, -0.25) is 4.90 Å². The lowest BCUT2D eigenvalue weighted by Crippen LogP contribution is -2.52. The number of rotatable bonds is 6. The number of anilines is 1. The van der Waals surface area contributed by atoms with Crippen molar-refractivity contribution >= 4 is 11.6 Å². The molecule has 1 N–H and O–H groups in total. The molecule has 31 heavy (non-hydrogen) atoms. The van der Waals surface area contributed by atoms with Crippen molar-refractivity contribution < 1.29 is 4.74 Å². The topological polar surface area (TPSA) is 43.3 Å². The number of benzene rings is 2. The van der Waals surface area contributed by atoms with Crippen molar-refractivity contribution in [3.63, 3.8) is 0 Å². The molecule has 0 aromatic heterocycles. The van der Waals surface area contributed by atoms with Crippen LogP contribution in [0.2, 0.25) is 0 Å². The molecule has 4 rings (SSSR count). The number of para-hydroxylation sites is 1. The van der Waals surface area contributed by atoms with Gasteiger partial charge in [0.25, 0.3) is 0 Å². The van der Waals surface area contributed by atoms with Gasteiger partial charge in [0.05, 0.1) is 19.8 Å². The first-order valence-corrected chi connectivity index (χ1v) is 11.5. The third kappa shape index (κ3) is 5.99. The van der Waals surface area contributed by atoms with Crippen LogP contribution in [0.25, 0.3) is 0 Å². The number of nitrogens with one attached hydrogen (secondary N) is 1. The Morgan fingerprint density at radius 3 is 2.35 bits per heavy atom. The van der Waals surface area contributed by atoms with E-state index in [4.69, 9.17) is 9.73 Å². The van der Waals surface area contributed by atoms with Gasteiger partial charge < -0.3 is 19.9 Å². The molecule has 2 fully saturated rings. The van der Waals surface area contributed by atoms with Crippen molar-refractivity contribution in [1.29, 1.82) is 0 Å². The summed E-state index contributed by atoms with van der Waals surface area (Å²) in [5.74, 6) is 1.03. The van der Waals surface area contributed by atoms with E-state index in [-0.39, 0.29) is 0 Å². The van der Waals surface area contributed by atoms with E-state index in [1.807, 2.05) is 0 Å². The Morgan fingerprint density at radius 2 is 1.61 bits per heavy atom. The lowest BCUT2D eigenvalue weighted by Gasteiger charge is -2.36. The van der Waals surface area contributed by atoms with Gasteiger partial charge in [0.2, 0.25) is 0 Å². The minimum absolute atomic E-state index is 0.695. The number of piperazine rings is 1. The fourth-order valence-electron chi connectivity index (χ4n) is 4.30. The third-order valence-electron chi connectivity index (χ3n) is 6.00. The average molecular weight is 422 g/mol. The largest absolute Gasteiger partial charge is 0.378 e. The first-order chi connectivity index (χ1) is 15.3. The van der Waals surface area contributed by atoms with Crippen molar-refractivity contribution in [2.75, 3.05) is 63.9 Å². The van der Waals surface area contributed by atoms with Gasteiger partial charge in [-0.25, -0.2) is 4.99 Å². The predicted molar refractivity (Wildman–Crippen MR) is 128 cm³/mol. The number of guanidine groups is 1. The fourth-order valence-corrected chi connectivity index (χ4v) is 4.30. The SMILES string of the molecule is CCNC(=NCc1ccccc1N1CCOCC1)N1CCN(Cc2ccccc2)CC1. The van der Waals surface area contributed by atoms with Gasteiger partial charge in [-0.2, -0.15) is 0 Å². The molecule has 0 bridgehead atoms. The van der Waals surface area contributed by atoms with Gasteiger partial charge >= 0.3 is 0 Å². The summed E-state index contributed by atoms with van der Waals surface area (Å²) in [5, 5.41) is 3.51. The second-order valence-corrected chi connectivity index (χ2v) is 8.15. The highest BCUT2D eigenvalue weighted by molar-refractivity contribution is 5.80. The zero-order chi connectivity index (χ0) is 21.3. The Kier molecular flexibility index (Phi) is 7.80. The molecule has 2 heterocycles. The number of hydrogen-bond donors (Lipinski definition) is 1. The number of nitrogens with zero attached hydrogens (tertiary/aromatic N) is 4. The second-order valence-electron chi connectivity index (χ2n) is 8.15. The van der Waals surface area contributed by atoms with Gasteiger partial charge in [0.1, 0.15) is 0 Å². The first kappa shape index (κ1) is 21.7. The van der Waals surface area contributed by atoms with E-state index < -0.39 is 0 Å². The maximum Gasteiger partial charge on any atom is 0.194 e. The molecule has 0 aliphatic carbocycles. The molecule has 6 heteroatoms. The molecule has 0 spiro atoms. The Morgan fingerprint density at radius 1 is 0.903 bits per heavy atom. The normalized spacial score (nSPS) is 18.3. The lowest BCUT2D eigenvalue weighted by atomic mass is 10.1. The van der Waals surface area contributed by atoms with Crippen molar-refractivity contribution in [2.45, 2.75) is 20.0 Å². The van der Waals surface area contributed by atoms with E-state index in [0.717, 1.165) is 71.5 Å². The van der Waals surface area contributed by atoms with E-state index in [1.54, 1.807) is 0 Å². The maximum absolute atomic E-state index is 5.53. The highest BCUT2D eigenvalue weighted by Gasteiger charge is 2.20. The van der Waals surface area contributed by atoms with Crippen molar-refractivity contribution in [2.24, 2.45) is 4.99 Å². The lowest BCUT2D eigenvalue weighted by molar-refractivity contribution is 0.122. The molecular weight excluding hydrogens is 386 g/mol. The predicted octanol–water partition coefficient (Wildman–Crippen LogP) is 2.81. The monoisotopic (exact) mass is 421 g/mol. The number of morpholine rings is 1. The smallest absolute Gasteiger partial charge is 0.194 e. The third-order valence-corrected chi connectivity index (χ3v) is 6.00. The maximum atomic E-state index is 5.53. The van der Waals surface area contributed by atoms with E-state index in [9.17, 15) is 0 Å². The van der Waals surface area contributed by atoms with Crippen LogP contribution in [-0.4, -0.2) is 74.8 Å².